The van der Waals surface area contributed by atoms with Crippen molar-refractivity contribution in [3.63, 3.8) is 0 Å². The molecule has 0 radical (unpaired) electrons. The molecule has 0 saturated carbocycles. The molecular formula is C10H11N7O2. The Balaban J connectivity index is 2.55. The van der Waals surface area contributed by atoms with Crippen LogP contribution in [0.4, 0.5) is 11.6 Å². The number of guanidine groups is 1. The zero-order chi connectivity index (χ0) is 14.0. The molecule has 98 valence electrons. The predicted molar refractivity (Wildman–Crippen MR) is 68.7 cm³/mol. The van der Waals surface area contributed by atoms with E-state index in [1.165, 1.54) is 6.26 Å². The van der Waals surface area contributed by atoms with E-state index in [1.54, 1.807) is 12.1 Å². The van der Waals surface area contributed by atoms with E-state index in [0.717, 1.165) is 0 Å². The van der Waals surface area contributed by atoms with E-state index in [1.807, 2.05) is 0 Å². The molecule has 0 aromatic carbocycles. The lowest BCUT2D eigenvalue weighted by atomic mass is 10.3. The Morgan fingerprint density at radius 1 is 1.21 bits per heavy atom. The molecule has 9 nitrogen and oxygen atoms in total. The van der Waals surface area contributed by atoms with Crippen molar-refractivity contribution in [2.45, 2.75) is 0 Å². The average Bonchev–Trinajstić information content (AvgIpc) is 2.81. The van der Waals surface area contributed by atoms with Crippen LogP contribution < -0.4 is 22.9 Å². The summed E-state index contributed by atoms with van der Waals surface area (Å²) in [5.41, 5.74) is 21.5. The Labute approximate surface area is 107 Å². The highest BCUT2D eigenvalue weighted by Crippen LogP contribution is 2.25. The smallest absolute Gasteiger partial charge is 0.302 e. The zero-order valence-electron chi connectivity index (χ0n) is 9.70. The largest absolute Gasteiger partial charge is 0.463 e. The molecule has 0 unspecified atom stereocenters. The fraction of sp³-hybridized carbons (Fsp3) is 0. The summed E-state index contributed by atoms with van der Waals surface area (Å²) in [7, 11) is 0. The van der Waals surface area contributed by atoms with E-state index in [0.29, 0.717) is 5.76 Å². The topological polar surface area (TPSA) is 172 Å². The molecule has 19 heavy (non-hydrogen) atoms. The average molecular weight is 261 g/mol. The third-order valence-electron chi connectivity index (χ3n) is 2.14. The second-order valence-corrected chi connectivity index (χ2v) is 3.51. The number of nitrogens with two attached hydrogens (primary N) is 4. The highest BCUT2D eigenvalue weighted by Gasteiger charge is 2.18. The van der Waals surface area contributed by atoms with E-state index in [9.17, 15) is 4.79 Å². The summed E-state index contributed by atoms with van der Waals surface area (Å²) < 4.78 is 5.14. The molecule has 0 saturated heterocycles. The minimum absolute atomic E-state index is 0.0358. The van der Waals surface area contributed by atoms with E-state index in [2.05, 4.69) is 15.0 Å². The number of hydrogen-bond acceptors (Lipinski definition) is 6. The van der Waals surface area contributed by atoms with Crippen LogP contribution in [-0.2, 0) is 0 Å². The molecule has 0 bridgehead atoms. The number of rotatable bonds is 2. The minimum atomic E-state index is -0.808. The van der Waals surface area contributed by atoms with E-state index < -0.39 is 11.9 Å². The maximum atomic E-state index is 11.7. The molecule has 0 atom stereocenters. The van der Waals surface area contributed by atoms with Crippen LogP contribution in [0.3, 0.4) is 0 Å². The van der Waals surface area contributed by atoms with Crippen molar-refractivity contribution >= 4 is 23.5 Å². The quantitative estimate of drug-likeness (QED) is 0.406. The number of furan rings is 1. The minimum Gasteiger partial charge on any atom is -0.463 e. The standard InChI is InChI=1S/C10H11N7O2/c11-7-5(4-2-1-3-19-4)15-6(8(12)16-7)9(18)17-10(13)14/h1-3H,(H4,11,12,16)(H4,13,14,17,18). The molecule has 0 aliphatic carbocycles. The number of hydrogen-bond donors (Lipinski definition) is 4. The maximum Gasteiger partial charge on any atom is 0.302 e. The Morgan fingerprint density at radius 2 is 1.95 bits per heavy atom. The van der Waals surface area contributed by atoms with Gasteiger partial charge in [0.2, 0.25) is 0 Å². The summed E-state index contributed by atoms with van der Waals surface area (Å²) in [6.45, 7) is 0. The summed E-state index contributed by atoms with van der Waals surface area (Å²) in [4.78, 5) is 22.9. The van der Waals surface area contributed by atoms with Gasteiger partial charge in [0, 0.05) is 0 Å². The van der Waals surface area contributed by atoms with Gasteiger partial charge in [0.05, 0.1) is 6.26 Å². The molecule has 0 aliphatic heterocycles. The molecule has 0 fully saturated rings. The number of nitrogens with zero attached hydrogens (tertiary/aromatic N) is 3. The first-order chi connectivity index (χ1) is 8.99. The molecule has 2 aromatic heterocycles. The molecule has 0 aliphatic rings. The van der Waals surface area contributed by atoms with Crippen LogP contribution in [0, 0.1) is 0 Å². The van der Waals surface area contributed by atoms with Crippen molar-refractivity contribution in [2.24, 2.45) is 16.5 Å². The van der Waals surface area contributed by atoms with Gasteiger partial charge in [0.1, 0.15) is 5.69 Å². The van der Waals surface area contributed by atoms with Crippen molar-refractivity contribution in [2.75, 3.05) is 11.5 Å². The molecule has 1 amide bonds. The lowest BCUT2D eigenvalue weighted by Gasteiger charge is -2.05. The molecule has 2 rings (SSSR count). The van der Waals surface area contributed by atoms with E-state index in [-0.39, 0.29) is 23.0 Å². The van der Waals surface area contributed by atoms with Gasteiger partial charge in [0.25, 0.3) is 0 Å². The first-order valence-electron chi connectivity index (χ1n) is 5.10. The van der Waals surface area contributed by atoms with Crippen LogP contribution in [0.1, 0.15) is 10.5 Å². The maximum absolute atomic E-state index is 11.7. The Bertz CT molecular complexity index is 644. The molecule has 9 heteroatoms. The van der Waals surface area contributed by atoms with Gasteiger partial charge in [-0.1, -0.05) is 0 Å². The third kappa shape index (κ3) is 2.44. The van der Waals surface area contributed by atoms with Crippen LogP contribution in [0.15, 0.2) is 27.8 Å². The van der Waals surface area contributed by atoms with Crippen molar-refractivity contribution in [3.05, 3.63) is 24.1 Å². The summed E-state index contributed by atoms with van der Waals surface area (Å²) in [6.07, 6.45) is 1.43. The second-order valence-electron chi connectivity index (χ2n) is 3.51. The van der Waals surface area contributed by atoms with Gasteiger partial charge in [0.15, 0.2) is 29.0 Å². The van der Waals surface area contributed by atoms with Crippen LogP contribution in [0.2, 0.25) is 0 Å². The number of aromatic nitrogens is 2. The third-order valence-corrected chi connectivity index (χ3v) is 2.14. The van der Waals surface area contributed by atoms with Crippen LogP contribution >= 0.6 is 0 Å². The number of amides is 1. The number of carbonyl (C=O) groups excluding carboxylic acids is 1. The van der Waals surface area contributed by atoms with Gasteiger partial charge in [-0.25, -0.2) is 9.97 Å². The van der Waals surface area contributed by atoms with Crippen molar-refractivity contribution in [1.82, 2.24) is 9.97 Å². The van der Waals surface area contributed by atoms with Crippen LogP contribution in [0.25, 0.3) is 11.5 Å². The normalized spacial score (nSPS) is 10.1. The van der Waals surface area contributed by atoms with Gasteiger partial charge >= 0.3 is 5.91 Å². The van der Waals surface area contributed by atoms with Crippen LogP contribution in [0.5, 0.6) is 0 Å². The van der Waals surface area contributed by atoms with E-state index in [4.69, 9.17) is 27.4 Å². The van der Waals surface area contributed by atoms with Gasteiger partial charge in [-0.05, 0) is 12.1 Å². The van der Waals surface area contributed by atoms with E-state index >= 15 is 0 Å². The number of carbonyl (C=O) groups is 1. The van der Waals surface area contributed by atoms with Crippen molar-refractivity contribution in [3.8, 4) is 11.5 Å². The van der Waals surface area contributed by atoms with Crippen molar-refractivity contribution < 1.29 is 9.21 Å². The number of nitrogen functional groups attached to an aromatic ring is 2. The van der Waals surface area contributed by atoms with Crippen LogP contribution in [-0.4, -0.2) is 21.8 Å². The SMILES string of the molecule is NC(N)=NC(=O)c1nc(-c2ccco2)c(N)nc1N. The molecule has 2 aromatic rings. The van der Waals surface area contributed by atoms with Crippen molar-refractivity contribution in [1.29, 1.82) is 0 Å². The fourth-order valence-electron chi connectivity index (χ4n) is 1.38. The highest BCUT2D eigenvalue weighted by atomic mass is 16.3. The first-order valence-corrected chi connectivity index (χ1v) is 5.10. The molecule has 0 spiro atoms. The fourth-order valence-corrected chi connectivity index (χ4v) is 1.38. The second kappa shape index (κ2) is 4.64. The lowest BCUT2D eigenvalue weighted by Crippen LogP contribution is -2.25. The lowest BCUT2D eigenvalue weighted by molar-refractivity contribution is 0.0999. The number of aliphatic imine (C=N–C) groups is 1. The van der Waals surface area contributed by atoms with Gasteiger partial charge in [-0.15, -0.1) is 0 Å². The highest BCUT2D eigenvalue weighted by molar-refractivity contribution is 6.03. The summed E-state index contributed by atoms with van der Waals surface area (Å²) in [5.74, 6) is -0.986. The summed E-state index contributed by atoms with van der Waals surface area (Å²) >= 11 is 0. The number of anilines is 2. The molecule has 8 N–H and O–H groups in total. The Kier molecular flexibility index (Phi) is 3.02. The zero-order valence-corrected chi connectivity index (χ0v) is 9.70. The summed E-state index contributed by atoms with van der Waals surface area (Å²) in [6, 6.07) is 3.26. The Hall–Kier alpha value is -3.10. The summed E-state index contributed by atoms with van der Waals surface area (Å²) in [5, 5.41) is 0. The van der Waals surface area contributed by atoms with Gasteiger partial charge in [-0.2, -0.15) is 4.99 Å². The predicted octanol–water partition coefficient (Wildman–Crippen LogP) is -0.685. The Morgan fingerprint density at radius 3 is 2.53 bits per heavy atom. The molecular weight excluding hydrogens is 250 g/mol. The monoisotopic (exact) mass is 261 g/mol. The van der Waals surface area contributed by atoms with Gasteiger partial charge < -0.3 is 27.4 Å². The molecule has 2 heterocycles. The first kappa shape index (κ1) is 12.4. The van der Waals surface area contributed by atoms with Gasteiger partial charge in [-0.3, -0.25) is 4.79 Å².